The Hall–Kier alpha value is -0.860. The first kappa shape index (κ1) is 24.2. The quantitative estimate of drug-likeness (QED) is 0.350. The van der Waals surface area contributed by atoms with E-state index in [1.807, 2.05) is 0 Å². The SMILES string of the molecule is CCNC(=NCc1ccccc1CN1CCOCC1)NCCC(C)(C)C.I. The van der Waals surface area contributed by atoms with Gasteiger partial charge in [-0.3, -0.25) is 4.90 Å². The molecule has 0 atom stereocenters. The summed E-state index contributed by atoms with van der Waals surface area (Å²) in [6, 6.07) is 8.64. The molecule has 1 saturated heterocycles. The van der Waals surface area contributed by atoms with Gasteiger partial charge in [-0.1, -0.05) is 45.0 Å². The summed E-state index contributed by atoms with van der Waals surface area (Å²) in [7, 11) is 0. The third kappa shape index (κ3) is 9.76. The lowest BCUT2D eigenvalue weighted by atomic mass is 9.92. The number of benzene rings is 1. The first-order chi connectivity index (χ1) is 12.5. The number of rotatable bonds is 7. The van der Waals surface area contributed by atoms with Crippen LogP contribution >= 0.6 is 24.0 Å². The summed E-state index contributed by atoms with van der Waals surface area (Å²) in [6.45, 7) is 16.1. The normalized spacial score (nSPS) is 15.9. The second-order valence-corrected chi connectivity index (χ2v) is 8.09. The van der Waals surface area contributed by atoms with E-state index < -0.39 is 0 Å². The van der Waals surface area contributed by atoms with E-state index in [0.29, 0.717) is 12.0 Å². The highest BCUT2D eigenvalue weighted by Gasteiger charge is 2.13. The minimum atomic E-state index is 0. The highest BCUT2D eigenvalue weighted by Crippen LogP contribution is 2.17. The van der Waals surface area contributed by atoms with Crippen molar-refractivity contribution in [1.29, 1.82) is 0 Å². The average molecular weight is 488 g/mol. The van der Waals surface area contributed by atoms with Crippen LogP contribution in [0.5, 0.6) is 0 Å². The monoisotopic (exact) mass is 488 g/mol. The third-order valence-corrected chi connectivity index (χ3v) is 4.54. The van der Waals surface area contributed by atoms with Crippen molar-refractivity contribution in [3.8, 4) is 0 Å². The maximum absolute atomic E-state index is 5.45. The van der Waals surface area contributed by atoms with Crippen molar-refractivity contribution in [3.63, 3.8) is 0 Å². The Labute approximate surface area is 182 Å². The van der Waals surface area contributed by atoms with Crippen LogP contribution in [0.2, 0.25) is 0 Å². The van der Waals surface area contributed by atoms with Gasteiger partial charge in [-0.2, -0.15) is 0 Å². The van der Waals surface area contributed by atoms with Crippen molar-refractivity contribution in [2.24, 2.45) is 10.4 Å². The highest BCUT2D eigenvalue weighted by atomic mass is 127. The zero-order chi connectivity index (χ0) is 18.8. The molecule has 1 aromatic rings. The molecule has 0 aliphatic carbocycles. The zero-order valence-electron chi connectivity index (χ0n) is 17.4. The Morgan fingerprint density at radius 1 is 1.11 bits per heavy atom. The Kier molecular flexibility index (Phi) is 11.3. The Morgan fingerprint density at radius 2 is 1.78 bits per heavy atom. The molecule has 0 spiro atoms. The molecule has 0 aromatic heterocycles. The van der Waals surface area contributed by atoms with E-state index in [0.717, 1.165) is 58.3 Å². The van der Waals surface area contributed by atoms with Gasteiger partial charge in [0.15, 0.2) is 5.96 Å². The van der Waals surface area contributed by atoms with Crippen LogP contribution < -0.4 is 10.6 Å². The summed E-state index contributed by atoms with van der Waals surface area (Å²) in [5, 5.41) is 6.81. The second-order valence-electron chi connectivity index (χ2n) is 8.09. The van der Waals surface area contributed by atoms with Crippen LogP contribution in [-0.2, 0) is 17.8 Å². The molecule has 0 saturated carbocycles. The summed E-state index contributed by atoms with van der Waals surface area (Å²) in [4.78, 5) is 7.27. The van der Waals surface area contributed by atoms with Crippen LogP contribution in [0.1, 0.15) is 45.2 Å². The molecule has 0 unspecified atom stereocenters. The molecule has 0 radical (unpaired) electrons. The lowest BCUT2D eigenvalue weighted by molar-refractivity contribution is 0.0341. The fourth-order valence-corrected chi connectivity index (χ4v) is 2.93. The van der Waals surface area contributed by atoms with Gasteiger partial charge in [0, 0.05) is 32.7 Å². The zero-order valence-corrected chi connectivity index (χ0v) is 19.7. The fourth-order valence-electron chi connectivity index (χ4n) is 2.93. The highest BCUT2D eigenvalue weighted by molar-refractivity contribution is 14.0. The van der Waals surface area contributed by atoms with E-state index in [1.54, 1.807) is 0 Å². The minimum Gasteiger partial charge on any atom is -0.379 e. The largest absolute Gasteiger partial charge is 0.379 e. The van der Waals surface area contributed by atoms with Crippen LogP contribution in [0.15, 0.2) is 29.3 Å². The number of aliphatic imine (C=N–C) groups is 1. The summed E-state index contributed by atoms with van der Waals surface area (Å²) in [6.07, 6.45) is 1.12. The molecule has 1 heterocycles. The number of morpholine rings is 1. The number of guanidine groups is 1. The minimum absolute atomic E-state index is 0. The maximum atomic E-state index is 5.45. The van der Waals surface area contributed by atoms with Crippen molar-refractivity contribution in [2.75, 3.05) is 39.4 Å². The average Bonchev–Trinajstić information content (AvgIpc) is 2.60. The smallest absolute Gasteiger partial charge is 0.191 e. The standard InChI is InChI=1S/C21H36N4O.HI/c1-5-22-20(23-11-10-21(2,3)4)24-16-18-8-6-7-9-19(18)17-25-12-14-26-15-13-25;/h6-9H,5,10-17H2,1-4H3,(H2,22,23,24);1H. The van der Waals surface area contributed by atoms with Gasteiger partial charge in [0.05, 0.1) is 19.8 Å². The topological polar surface area (TPSA) is 48.9 Å². The molecular formula is C21H37IN4O. The molecule has 1 aliphatic heterocycles. The molecule has 5 nitrogen and oxygen atoms in total. The first-order valence-electron chi connectivity index (χ1n) is 9.87. The molecule has 27 heavy (non-hydrogen) atoms. The molecule has 1 aromatic carbocycles. The summed E-state index contributed by atoms with van der Waals surface area (Å²) in [5.74, 6) is 0.901. The van der Waals surface area contributed by atoms with E-state index in [-0.39, 0.29) is 24.0 Å². The Bertz CT molecular complexity index is 566. The van der Waals surface area contributed by atoms with E-state index in [1.165, 1.54) is 11.1 Å². The van der Waals surface area contributed by atoms with Crippen LogP contribution in [0, 0.1) is 5.41 Å². The van der Waals surface area contributed by atoms with Crippen LogP contribution in [0.3, 0.4) is 0 Å². The fraction of sp³-hybridized carbons (Fsp3) is 0.667. The van der Waals surface area contributed by atoms with Gasteiger partial charge < -0.3 is 15.4 Å². The van der Waals surface area contributed by atoms with Crippen LogP contribution in [0.25, 0.3) is 0 Å². The molecule has 6 heteroatoms. The molecule has 1 aliphatic rings. The second kappa shape index (κ2) is 12.6. The molecule has 154 valence electrons. The Balaban J connectivity index is 0.00000364. The lowest BCUT2D eigenvalue weighted by Gasteiger charge is -2.27. The number of hydrogen-bond acceptors (Lipinski definition) is 3. The number of nitrogens with zero attached hydrogens (tertiary/aromatic N) is 2. The molecule has 2 N–H and O–H groups in total. The van der Waals surface area contributed by atoms with Crippen molar-refractivity contribution in [2.45, 2.75) is 47.2 Å². The first-order valence-corrected chi connectivity index (χ1v) is 9.87. The lowest BCUT2D eigenvalue weighted by Crippen LogP contribution is -2.38. The van der Waals surface area contributed by atoms with Gasteiger partial charge in [0.2, 0.25) is 0 Å². The number of nitrogens with one attached hydrogen (secondary N) is 2. The summed E-state index contributed by atoms with van der Waals surface area (Å²) >= 11 is 0. The van der Waals surface area contributed by atoms with Crippen molar-refractivity contribution < 1.29 is 4.74 Å². The van der Waals surface area contributed by atoms with Gasteiger partial charge >= 0.3 is 0 Å². The summed E-state index contributed by atoms with van der Waals surface area (Å²) in [5.41, 5.74) is 2.99. The number of hydrogen-bond donors (Lipinski definition) is 2. The Morgan fingerprint density at radius 3 is 2.41 bits per heavy atom. The number of ether oxygens (including phenoxy) is 1. The third-order valence-electron chi connectivity index (χ3n) is 4.54. The summed E-state index contributed by atoms with van der Waals surface area (Å²) < 4.78 is 5.45. The predicted molar refractivity (Wildman–Crippen MR) is 125 cm³/mol. The molecule has 2 rings (SSSR count). The van der Waals surface area contributed by atoms with Gasteiger partial charge in [-0.05, 0) is 29.9 Å². The van der Waals surface area contributed by atoms with Gasteiger partial charge in [0.25, 0.3) is 0 Å². The van der Waals surface area contributed by atoms with Crippen molar-refractivity contribution >= 4 is 29.9 Å². The molecule has 0 bridgehead atoms. The van der Waals surface area contributed by atoms with Gasteiger partial charge in [-0.15, -0.1) is 24.0 Å². The van der Waals surface area contributed by atoms with E-state index in [9.17, 15) is 0 Å². The number of halogens is 1. The molecule has 1 fully saturated rings. The van der Waals surface area contributed by atoms with Gasteiger partial charge in [-0.25, -0.2) is 4.99 Å². The van der Waals surface area contributed by atoms with E-state index in [4.69, 9.17) is 9.73 Å². The van der Waals surface area contributed by atoms with Gasteiger partial charge in [0.1, 0.15) is 0 Å². The molecular weight excluding hydrogens is 451 g/mol. The predicted octanol–water partition coefficient (Wildman–Crippen LogP) is 3.63. The van der Waals surface area contributed by atoms with Crippen LogP contribution in [0.4, 0.5) is 0 Å². The molecule has 0 amide bonds. The van der Waals surface area contributed by atoms with Crippen molar-refractivity contribution in [1.82, 2.24) is 15.5 Å². The van der Waals surface area contributed by atoms with E-state index in [2.05, 4.69) is 67.5 Å². The van der Waals surface area contributed by atoms with Crippen LogP contribution in [-0.4, -0.2) is 50.3 Å². The maximum Gasteiger partial charge on any atom is 0.191 e. The van der Waals surface area contributed by atoms with E-state index >= 15 is 0 Å². The van der Waals surface area contributed by atoms with Crippen molar-refractivity contribution in [3.05, 3.63) is 35.4 Å².